The number of rotatable bonds is 11. The lowest BCUT2D eigenvalue weighted by Gasteiger charge is -2.44. The predicted octanol–water partition coefficient (Wildman–Crippen LogP) is 3.70. The van der Waals surface area contributed by atoms with E-state index in [4.69, 9.17) is 55.7 Å². The molecule has 1 aliphatic rings. The van der Waals surface area contributed by atoms with Crippen molar-refractivity contribution in [1.29, 1.82) is 0 Å². The summed E-state index contributed by atoms with van der Waals surface area (Å²) in [4.78, 5) is 56.7. The number of carboxylic acid groups (broad SMARTS) is 1. The fourth-order valence-electron chi connectivity index (χ4n) is 4.50. The van der Waals surface area contributed by atoms with E-state index in [1.54, 1.807) is 18.2 Å². The van der Waals surface area contributed by atoms with E-state index in [0.717, 1.165) is 11.1 Å². The van der Waals surface area contributed by atoms with Gasteiger partial charge in [0.2, 0.25) is 0 Å². The Balaban J connectivity index is 0.00000103. The quantitative estimate of drug-likeness (QED) is 0.255. The van der Waals surface area contributed by atoms with Gasteiger partial charge in [-0.15, -0.1) is 0 Å². The van der Waals surface area contributed by atoms with Crippen LogP contribution < -0.4 is 10.5 Å². The average molecular weight is 706 g/mol. The summed E-state index contributed by atoms with van der Waals surface area (Å²) < 4.78 is 65.3. The highest BCUT2D eigenvalue weighted by Crippen LogP contribution is 2.39. The summed E-state index contributed by atoms with van der Waals surface area (Å²) in [5.74, 6) is -4.73. The first kappa shape index (κ1) is 39.8. The van der Waals surface area contributed by atoms with Gasteiger partial charge in [-0.05, 0) is 41.3 Å². The highest BCUT2D eigenvalue weighted by molar-refractivity contribution is 6.31. The van der Waals surface area contributed by atoms with Crippen LogP contribution in [0.25, 0.3) is 0 Å². The van der Waals surface area contributed by atoms with Crippen molar-refractivity contribution in [2.75, 3.05) is 19.8 Å². The number of hydrogen-bond donors (Lipinski definition) is 2. The van der Waals surface area contributed by atoms with Crippen LogP contribution >= 0.6 is 11.6 Å². The number of carbonyl (C=O) groups is 5. The van der Waals surface area contributed by atoms with Crippen molar-refractivity contribution in [3.63, 3.8) is 0 Å². The highest BCUT2D eigenvalue weighted by atomic mass is 35.5. The third kappa shape index (κ3) is 12.7. The monoisotopic (exact) mass is 705 g/mol. The molecule has 0 saturated carbocycles. The number of carboxylic acids is 1. The molecular weight excluding hydrogens is 671 g/mol. The molecule has 0 aliphatic carbocycles. The standard InChI is InChI=1S/C29H34ClNO10.C2HF3O2/c1-16(32)37-15-25-27(38-17(2)33)29(40-19(4)35)28(39-18(3)34)26(41-25)21-7-10-24(30)22(14-21)13-20-5-8-23(9-6-20)36-12-11-31;3-2(4,5)1(6)7/h5-10,14,25-29H,11-13,15,31H2,1-4H3;(H,6,7). The molecule has 3 rings (SSSR count). The van der Waals surface area contributed by atoms with Crippen molar-refractivity contribution in [2.24, 2.45) is 5.73 Å². The summed E-state index contributed by atoms with van der Waals surface area (Å²) in [5, 5.41) is 7.61. The molecule has 0 spiro atoms. The molecule has 1 aliphatic heterocycles. The lowest BCUT2D eigenvalue weighted by molar-refractivity contribution is -0.254. The van der Waals surface area contributed by atoms with Crippen LogP contribution in [-0.4, -0.2) is 85.3 Å². The van der Waals surface area contributed by atoms with E-state index >= 15 is 0 Å². The molecule has 0 aromatic heterocycles. The fraction of sp³-hybridized carbons (Fsp3) is 0.452. The molecule has 1 saturated heterocycles. The molecule has 3 N–H and O–H groups in total. The number of ether oxygens (including phenoxy) is 6. The SMILES string of the molecule is CC(=O)OCC1OC(c2ccc(Cl)c(Cc3ccc(OCCN)cc3)c2)C(OC(C)=O)C(OC(C)=O)C1OC(C)=O.O=C(O)C(F)(F)F. The summed E-state index contributed by atoms with van der Waals surface area (Å²) in [7, 11) is 0. The van der Waals surface area contributed by atoms with Crippen LogP contribution in [0.2, 0.25) is 5.02 Å². The Morgan fingerprint density at radius 3 is 1.90 bits per heavy atom. The zero-order chi connectivity index (χ0) is 36.2. The molecule has 0 bridgehead atoms. The Bertz CT molecular complexity index is 1440. The van der Waals surface area contributed by atoms with Gasteiger partial charge >= 0.3 is 36.0 Å². The molecule has 2 aromatic rings. The summed E-state index contributed by atoms with van der Waals surface area (Å²) in [5.41, 5.74) is 7.73. The van der Waals surface area contributed by atoms with Gasteiger partial charge in [-0.3, -0.25) is 19.2 Å². The van der Waals surface area contributed by atoms with Crippen molar-refractivity contribution >= 4 is 41.4 Å². The zero-order valence-corrected chi connectivity index (χ0v) is 27.0. The summed E-state index contributed by atoms with van der Waals surface area (Å²) in [6.07, 6.45) is -10.4. The maximum atomic E-state index is 12.2. The van der Waals surface area contributed by atoms with Crippen molar-refractivity contribution < 1.29 is 70.7 Å². The van der Waals surface area contributed by atoms with E-state index in [0.29, 0.717) is 35.9 Å². The molecule has 5 unspecified atom stereocenters. The number of halogens is 4. The highest BCUT2D eigenvalue weighted by Gasteiger charge is 2.52. The zero-order valence-electron chi connectivity index (χ0n) is 26.3. The second kappa shape index (κ2) is 18.2. The minimum Gasteiger partial charge on any atom is -0.492 e. The van der Waals surface area contributed by atoms with E-state index in [9.17, 15) is 32.3 Å². The number of benzene rings is 2. The third-order valence-electron chi connectivity index (χ3n) is 6.34. The summed E-state index contributed by atoms with van der Waals surface area (Å²) in [6.45, 7) is 5.26. The number of hydrogen-bond acceptors (Lipinski definition) is 12. The molecule has 0 amide bonds. The van der Waals surface area contributed by atoms with Crippen LogP contribution in [0.15, 0.2) is 42.5 Å². The van der Waals surface area contributed by atoms with Crippen LogP contribution in [-0.2, 0) is 54.1 Å². The normalized spacial score (nSPS) is 20.3. The first-order valence-corrected chi connectivity index (χ1v) is 14.6. The molecule has 17 heteroatoms. The van der Waals surface area contributed by atoms with Gasteiger partial charge in [0.1, 0.15) is 31.2 Å². The van der Waals surface area contributed by atoms with Crippen LogP contribution in [0.5, 0.6) is 5.75 Å². The molecule has 264 valence electrons. The molecule has 13 nitrogen and oxygen atoms in total. The molecule has 1 fully saturated rings. The van der Waals surface area contributed by atoms with Crippen molar-refractivity contribution in [1.82, 2.24) is 0 Å². The van der Waals surface area contributed by atoms with E-state index in [-0.39, 0.29) is 6.61 Å². The number of nitrogens with two attached hydrogens (primary N) is 1. The Morgan fingerprint density at radius 2 is 1.40 bits per heavy atom. The van der Waals surface area contributed by atoms with Crippen molar-refractivity contribution in [2.45, 2.75) is 70.8 Å². The second-order valence-electron chi connectivity index (χ2n) is 10.2. The molecule has 1 heterocycles. The third-order valence-corrected chi connectivity index (χ3v) is 6.70. The first-order valence-electron chi connectivity index (χ1n) is 14.2. The molecule has 0 radical (unpaired) electrons. The Hall–Kier alpha value is -4.41. The molecule has 2 aromatic carbocycles. The van der Waals surface area contributed by atoms with Gasteiger partial charge in [-0.25, -0.2) is 4.79 Å². The van der Waals surface area contributed by atoms with E-state index < -0.39 is 66.5 Å². The van der Waals surface area contributed by atoms with Gasteiger partial charge in [0.05, 0.1) is 0 Å². The van der Waals surface area contributed by atoms with Gasteiger partial charge in [-0.2, -0.15) is 13.2 Å². The average Bonchev–Trinajstić information content (AvgIpc) is 2.98. The Morgan fingerprint density at radius 1 is 0.854 bits per heavy atom. The van der Waals surface area contributed by atoms with Gasteiger partial charge < -0.3 is 39.3 Å². The van der Waals surface area contributed by atoms with Crippen LogP contribution in [0.3, 0.4) is 0 Å². The Labute approximate surface area is 278 Å². The minimum absolute atomic E-state index is 0.312. The number of esters is 4. The van der Waals surface area contributed by atoms with Crippen LogP contribution in [0, 0.1) is 0 Å². The topological polar surface area (TPSA) is 187 Å². The van der Waals surface area contributed by atoms with Crippen molar-refractivity contribution in [3.8, 4) is 5.75 Å². The van der Waals surface area contributed by atoms with E-state index in [1.165, 1.54) is 27.7 Å². The number of carbonyl (C=O) groups excluding carboxylic acids is 4. The fourth-order valence-corrected chi connectivity index (χ4v) is 4.69. The maximum Gasteiger partial charge on any atom is 0.490 e. The lowest BCUT2D eigenvalue weighted by Crippen LogP contribution is -2.59. The van der Waals surface area contributed by atoms with E-state index in [2.05, 4.69) is 0 Å². The van der Waals surface area contributed by atoms with Gasteiger partial charge in [0.25, 0.3) is 0 Å². The number of aliphatic carboxylic acids is 1. The maximum absolute atomic E-state index is 12.2. The summed E-state index contributed by atoms with van der Waals surface area (Å²) in [6, 6.07) is 12.6. The van der Waals surface area contributed by atoms with Gasteiger partial charge in [0.15, 0.2) is 18.3 Å². The Kier molecular flexibility index (Phi) is 15.1. The predicted molar refractivity (Wildman–Crippen MR) is 160 cm³/mol. The second-order valence-corrected chi connectivity index (χ2v) is 10.6. The smallest absolute Gasteiger partial charge is 0.490 e. The number of alkyl halides is 3. The van der Waals surface area contributed by atoms with Gasteiger partial charge in [-0.1, -0.05) is 35.9 Å². The molecule has 5 atom stereocenters. The van der Waals surface area contributed by atoms with Crippen LogP contribution in [0.4, 0.5) is 13.2 Å². The van der Waals surface area contributed by atoms with Gasteiger partial charge in [0, 0.05) is 39.3 Å². The largest absolute Gasteiger partial charge is 0.492 e. The molecule has 48 heavy (non-hydrogen) atoms. The molecular formula is C31H35ClF3NO12. The van der Waals surface area contributed by atoms with Crippen LogP contribution in [0.1, 0.15) is 50.5 Å². The minimum atomic E-state index is -5.08. The summed E-state index contributed by atoms with van der Waals surface area (Å²) >= 11 is 6.55. The lowest BCUT2D eigenvalue weighted by atomic mass is 9.89. The van der Waals surface area contributed by atoms with E-state index in [1.807, 2.05) is 24.3 Å². The van der Waals surface area contributed by atoms with Crippen molar-refractivity contribution in [3.05, 3.63) is 64.2 Å². The first-order chi connectivity index (χ1) is 22.4.